The van der Waals surface area contributed by atoms with Crippen molar-refractivity contribution in [3.63, 3.8) is 0 Å². The number of hydrogen-bond acceptors (Lipinski definition) is 5. The van der Waals surface area contributed by atoms with Gasteiger partial charge in [0.1, 0.15) is 17.2 Å². The molecule has 1 fully saturated rings. The number of amides is 1. The van der Waals surface area contributed by atoms with E-state index in [1.54, 1.807) is 7.05 Å². The second kappa shape index (κ2) is 9.19. The van der Waals surface area contributed by atoms with Gasteiger partial charge in [-0.1, -0.05) is 65.6 Å². The SMILES string of the molecule is CC(OC(=O)Nc1c(-c2ccc3cc(C#CC4(C(=O)O)CC4)ccc3c2)nnn1C)c1ccccc1. The van der Waals surface area contributed by atoms with Crippen molar-refractivity contribution in [1.82, 2.24) is 15.0 Å². The molecule has 8 heteroatoms. The summed E-state index contributed by atoms with van der Waals surface area (Å²) in [5.41, 5.74) is 2.08. The summed E-state index contributed by atoms with van der Waals surface area (Å²) < 4.78 is 7.03. The molecule has 1 heterocycles. The van der Waals surface area contributed by atoms with Gasteiger partial charge in [-0.25, -0.2) is 9.48 Å². The molecule has 0 radical (unpaired) electrons. The molecule has 1 saturated carbocycles. The van der Waals surface area contributed by atoms with Crippen LogP contribution in [0.15, 0.2) is 66.7 Å². The summed E-state index contributed by atoms with van der Waals surface area (Å²) in [5, 5.41) is 22.3. The van der Waals surface area contributed by atoms with Crippen LogP contribution >= 0.6 is 0 Å². The molecule has 0 saturated heterocycles. The zero-order chi connectivity index (χ0) is 25.3. The Morgan fingerprint density at radius 1 is 1.08 bits per heavy atom. The molecular formula is C28H24N4O4. The molecule has 0 bridgehead atoms. The Morgan fingerprint density at radius 2 is 1.81 bits per heavy atom. The summed E-state index contributed by atoms with van der Waals surface area (Å²) in [6.07, 6.45) is 0.176. The van der Waals surface area contributed by atoms with Crippen molar-refractivity contribution in [2.45, 2.75) is 25.9 Å². The lowest BCUT2D eigenvalue weighted by molar-refractivity contribution is -0.141. The molecule has 1 aromatic heterocycles. The third-order valence-corrected chi connectivity index (χ3v) is 6.32. The van der Waals surface area contributed by atoms with Crippen LogP contribution in [0.1, 0.15) is 37.0 Å². The number of carboxylic acids is 1. The van der Waals surface area contributed by atoms with Crippen LogP contribution in [0.5, 0.6) is 0 Å². The van der Waals surface area contributed by atoms with E-state index in [2.05, 4.69) is 27.5 Å². The number of benzene rings is 3. The minimum atomic E-state index is -0.881. The largest absolute Gasteiger partial charge is 0.480 e. The second-order valence-electron chi connectivity index (χ2n) is 8.91. The summed E-state index contributed by atoms with van der Waals surface area (Å²) in [6.45, 7) is 1.81. The number of carbonyl (C=O) groups is 2. The van der Waals surface area contributed by atoms with E-state index in [1.165, 1.54) is 4.68 Å². The van der Waals surface area contributed by atoms with Crippen LogP contribution in [0.25, 0.3) is 22.0 Å². The lowest BCUT2D eigenvalue weighted by atomic mass is 10.0. The average Bonchev–Trinajstić information content (AvgIpc) is 3.60. The van der Waals surface area contributed by atoms with Crippen molar-refractivity contribution < 1.29 is 19.4 Å². The molecule has 4 aromatic rings. The Kier molecular flexibility index (Phi) is 5.90. The Balaban J connectivity index is 1.35. The first-order chi connectivity index (χ1) is 17.3. The van der Waals surface area contributed by atoms with Crippen molar-refractivity contribution in [2.24, 2.45) is 12.5 Å². The predicted octanol–water partition coefficient (Wildman–Crippen LogP) is 5.16. The molecule has 0 aliphatic heterocycles. The number of aryl methyl sites for hydroxylation is 1. The van der Waals surface area contributed by atoms with E-state index in [4.69, 9.17) is 4.74 Å². The molecule has 36 heavy (non-hydrogen) atoms. The molecule has 0 spiro atoms. The number of anilines is 1. The highest BCUT2D eigenvalue weighted by Crippen LogP contribution is 2.45. The predicted molar refractivity (Wildman–Crippen MR) is 135 cm³/mol. The highest BCUT2D eigenvalue weighted by molar-refractivity contribution is 5.92. The van der Waals surface area contributed by atoms with Crippen molar-refractivity contribution >= 4 is 28.7 Å². The van der Waals surface area contributed by atoms with Gasteiger partial charge in [0, 0.05) is 18.2 Å². The molecule has 1 amide bonds. The molecule has 3 aromatic carbocycles. The van der Waals surface area contributed by atoms with Crippen LogP contribution in [-0.2, 0) is 16.6 Å². The first-order valence-corrected chi connectivity index (χ1v) is 11.6. The van der Waals surface area contributed by atoms with Gasteiger partial charge in [0.05, 0.1) is 0 Å². The zero-order valence-electron chi connectivity index (χ0n) is 19.9. The van der Waals surface area contributed by atoms with Gasteiger partial charge in [-0.2, -0.15) is 0 Å². The molecule has 180 valence electrons. The van der Waals surface area contributed by atoms with E-state index in [0.29, 0.717) is 24.4 Å². The molecule has 1 aliphatic rings. The Bertz CT molecular complexity index is 1530. The number of aliphatic carboxylic acids is 1. The highest BCUT2D eigenvalue weighted by atomic mass is 16.6. The number of ether oxygens (including phenoxy) is 1. The lowest BCUT2D eigenvalue weighted by Crippen LogP contribution is -2.18. The summed E-state index contributed by atoms with van der Waals surface area (Å²) in [5.74, 6) is 5.50. The van der Waals surface area contributed by atoms with Crippen LogP contribution in [-0.4, -0.2) is 32.2 Å². The van der Waals surface area contributed by atoms with Gasteiger partial charge in [-0.15, -0.1) is 5.10 Å². The van der Waals surface area contributed by atoms with E-state index in [0.717, 1.165) is 27.5 Å². The van der Waals surface area contributed by atoms with Crippen LogP contribution in [0.3, 0.4) is 0 Å². The van der Waals surface area contributed by atoms with Crippen molar-refractivity contribution in [1.29, 1.82) is 0 Å². The molecule has 1 atom stereocenters. The standard InChI is InChI=1S/C28H24N4O4/c1-18(20-6-4-3-5-7-20)36-27(35)29-25-24(30-31-32(25)2)23-11-10-21-16-19(8-9-22(21)17-23)12-13-28(14-15-28)26(33)34/h3-11,16-18H,14-15H2,1-2H3,(H,29,35)(H,33,34). The second-order valence-corrected chi connectivity index (χ2v) is 8.91. The first-order valence-electron chi connectivity index (χ1n) is 11.6. The van der Waals surface area contributed by atoms with E-state index in [9.17, 15) is 14.7 Å². The van der Waals surface area contributed by atoms with Gasteiger partial charge in [-0.3, -0.25) is 10.1 Å². The number of aromatic nitrogens is 3. The molecule has 8 nitrogen and oxygen atoms in total. The van der Waals surface area contributed by atoms with E-state index in [1.807, 2.05) is 73.7 Å². The van der Waals surface area contributed by atoms with Crippen molar-refractivity contribution in [2.75, 3.05) is 5.32 Å². The first kappa shape index (κ1) is 23.1. The average molecular weight is 481 g/mol. The fourth-order valence-electron chi connectivity index (χ4n) is 3.95. The molecule has 5 rings (SSSR count). The maximum absolute atomic E-state index is 12.6. The molecular weight excluding hydrogens is 456 g/mol. The number of fused-ring (bicyclic) bond motifs is 1. The maximum atomic E-state index is 12.6. The summed E-state index contributed by atoms with van der Waals surface area (Å²) in [7, 11) is 1.70. The quantitative estimate of drug-likeness (QED) is 0.382. The minimum absolute atomic E-state index is 0.418. The Hall–Kier alpha value is -4.64. The summed E-state index contributed by atoms with van der Waals surface area (Å²) in [4.78, 5) is 24.0. The summed E-state index contributed by atoms with van der Waals surface area (Å²) in [6, 6.07) is 21.0. The number of rotatable bonds is 5. The van der Waals surface area contributed by atoms with Gasteiger partial charge >= 0.3 is 12.1 Å². The topological polar surface area (TPSA) is 106 Å². The number of carbonyl (C=O) groups excluding carboxylic acids is 1. The normalized spacial score (nSPS) is 14.4. The lowest BCUT2D eigenvalue weighted by Gasteiger charge is -2.14. The Labute approximate surface area is 207 Å². The zero-order valence-corrected chi connectivity index (χ0v) is 19.9. The van der Waals surface area contributed by atoms with E-state index < -0.39 is 23.6 Å². The van der Waals surface area contributed by atoms with E-state index >= 15 is 0 Å². The third kappa shape index (κ3) is 4.64. The molecule has 1 unspecified atom stereocenters. The van der Waals surface area contributed by atoms with Gasteiger partial charge in [0.2, 0.25) is 0 Å². The van der Waals surface area contributed by atoms with Gasteiger partial charge in [-0.05, 0) is 54.3 Å². The Morgan fingerprint density at radius 3 is 2.53 bits per heavy atom. The summed E-state index contributed by atoms with van der Waals surface area (Å²) >= 11 is 0. The third-order valence-electron chi connectivity index (χ3n) is 6.32. The van der Waals surface area contributed by atoms with E-state index in [-0.39, 0.29) is 0 Å². The van der Waals surface area contributed by atoms with Crippen molar-refractivity contribution in [3.05, 3.63) is 77.9 Å². The van der Waals surface area contributed by atoms with Gasteiger partial charge in [0.25, 0.3) is 0 Å². The fourth-order valence-corrected chi connectivity index (χ4v) is 3.95. The number of nitrogens with one attached hydrogen (secondary N) is 1. The highest BCUT2D eigenvalue weighted by Gasteiger charge is 2.49. The minimum Gasteiger partial charge on any atom is -0.480 e. The number of nitrogens with zero attached hydrogens (tertiary/aromatic N) is 3. The molecule has 2 N–H and O–H groups in total. The van der Waals surface area contributed by atoms with Gasteiger partial charge < -0.3 is 9.84 Å². The number of carboxylic acid groups (broad SMARTS) is 1. The van der Waals surface area contributed by atoms with Crippen LogP contribution in [0.2, 0.25) is 0 Å². The number of hydrogen-bond donors (Lipinski definition) is 2. The molecule has 1 aliphatic carbocycles. The smallest absolute Gasteiger partial charge is 0.413 e. The maximum Gasteiger partial charge on any atom is 0.413 e. The van der Waals surface area contributed by atoms with Crippen LogP contribution < -0.4 is 5.32 Å². The van der Waals surface area contributed by atoms with Gasteiger partial charge in [0.15, 0.2) is 5.82 Å². The monoisotopic (exact) mass is 480 g/mol. The van der Waals surface area contributed by atoms with Crippen LogP contribution in [0, 0.1) is 17.3 Å². The van der Waals surface area contributed by atoms with Crippen LogP contribution in [0.4, 0.5) is 10.6 Å². The fraction of sp³-hybridized carbons (Fsp3) is 0.214. The van der Waals surface area contributed by atoms with Crippen molar-refractivity contribution in [3.8, 4) is 23.1 Å².